The Kier molecular flexibility index (Phi) is 10.8. The fraction of sp³-hybridized carbons (Fsp3) is 0.208. The van der Waals surface area contributed by atoms with Crippen LogP contribution in [-0.4, -0.2) is 20.3 Å². The molecular weight excluding hydrogens is 380 g/mol. The Balaban J connectivity index is 0.00000218. The van der Waals surface area contributed by atoms with Gasteiger partial charge in [-0.3, -0.25) is 0 Å². The molecule has 0 unspecified atom stereocenters. The van der Waals surface area contributed by atoms with E-state index in [0.29, 0.717) is 23.7 Å². The quantitative estimate of drug-likeness (QED) is 0.361. The van der Waals surface area contributed by atoms with E-state index in [1.807, 2.05) is 56.3 Å². The molecule has 0 aliphatic heterocycles. The molecule has 2 N–H and O–H groups in total. The Morgan fingerprint density at radius 3 is 2.23 bits per heavy atom. The van der Waals surface area contributed by atoms with E-state index in [2.05, 4.69) is 23.5 Å². The second kappa shape index (κ2) is 13.3. The maximum atomic E-state index is 12.2. The Labute approximate surface area is 178 Å². The molecule has 0 saturated heterocycles. The lowest BCUT2D eigenvalue weighted by molar-refractivity contribution is 0.251. The lowest BCUT2D eigenvalue weighted by Gasteiger charge is -2.13. The summed E-state index contributed by atoms with van der Waals surface area (Å²) < 4.78 is 16.2. The smallest absolute Gasteiger partial charge is 0.319 e. The zero-order chi connectivity index (χ0) is 22.4. The molecule has 0 heterocycles. The van der Waals surface area contributed by atoms with Crippen LogP contribution in [0.25, 0.3) is 0 Å². The van der Waals surface area contributed by atoms with Crippen LogP contribution >= 0.6 is 0 Å². The molecule has 0 aliphatic carbocycles. The van der Waals surface area contributed by atoms with Gasteiger partial charge in [0.2, 0.25) is 0 Å². The molecule has 2 aromatic carbocycles. The minimum atomic E-state index is -0.337. The van der Waals surface area contributed by atoms with Crippen molar-refractivity contribution in [3.63, 3.8) is 0 Å². The molecule has 0 aromatic heterocycles. The minimum absolute atomic E-state index is 0.337. The van der Waals surface area contributed by atoms with Crippen molar-refractivity contribution < 1.29 is 19.0 Å². The first kappa shape index (κ1) is 24.2. The summed E-state index contributed by atoms with van der Waals surface area (Å²) in [5.41, 5.74) is 1.49. The molecule has 0 fully saturated rings. The van der Waals surface area contributed by atoms with Gasteiger partial charge >= 0.3 is 6.03 Å². The molecule has 30 heavy (non-hydrogen) atoms. The number of urea groups is 1. The van der Waals surface area contributed by atoms with Crippen LogP contribution < -0.4 is 24.8 Å². The fourth-order valence-electron chi connectivity index (χ4n) is 2.43. The van der Waals surface area contributed by atoms with E-state index in [1.165, 1.54) is 0 Å². The van der Waals surface area contributed by atoms with Gasteiger partial charge in [0.1, 0.15) is 23.0 Å². The summed E-state index contributed by atoms with van der Waals surface area (Å²) >= 11 is 0. The van der Waals surface area contributed by atoms with Crippen LogP contribution in [0.1, 0.15) is 19.4 Å². The van der Waals surface area contributed by atoms with Gasteiger partial charge in [-0.1, -0.05) is 18.2 Å². The number of carbonyl (C=O) groups is 1. The van der Waals surface area contributed by atoms with Crippen LogP contribution in [0, 0.1) is 12.8 Å². The first-order chi connectivity index (χ1) is 14.6. The summed E-state index contributed by atoms with van der Waals surface area (Å²) in [7, 11) is 3.11. The van der Waals surface area contributed by atoms with E-state index >= 15 is 0 Å². The Morgan fingerprint density at radius 2 is 1.67 bits per heavy atom. The predicted molar refractivity (Wildman–Crippen MR) is 121 cm³/mol. The van der Waals surface area contributed by atoms with Gasteiger partial charge in [0.05, 0.1) is 19.9 Å². The molecule has 0 bridgehead atoms. The topological polar surface area (TPSA) is 68.8 Å². The molecule has 0 saturated carbocycles. The molecular formula is C24H28N2O4. The third-order valence-corrected chi connectivity index (χ3v) is 3.88. The number of ether oxygens (including phenoxy) is 3. The normalized spacial score (nSPS) is 10.5. The number of hydrogen-bond donors (Lipinski definition) is 2. The number of methoxy groups -OCH3 is 2. The second-order valence-corrected chi connectivity index (χ2v) is 5.81. The zero-order valence-corrected chi connectivity index (χ0v) is 17.8. The SMILES string of the molecule is C#C.C/C=C\C(=C/C)Oc1ccc(CNC(=O)Nc2cc(OC)ccc2OC)cc1. The van der Waals surface area contributed by atoms with Crippen molar-refractivity contribution in [1.82, 2.24) is 5.32 Å². The number of nitrogens with one attached hydrogen (secondary N) is 2. The van der Waals surface area contributed by atoms with Crippen molar-refractivity contribution in [3.05, 3.63) is 72.0 Å². The number of amides is 2. The maximum Gasteiger partial charge on any atom is 0.319 e. The first-order valence-electron chi connectivity index (χ1n) is 9.25. The molecule has 2 aromatic rings. The third kappa shape index (κ3) is 7.64. The Hall–Kier alpha value is -3.85. The average molecular weight is 408 g/mol. The highest BCUT2D eigenvalue weighted by Gasteiger charge is 2.09. The fourth-order valence-corrected chi connectivity index (χ4v) is 2.43. The number of carbonyl (C=O) groups excluding carboxylic acids is 1. The van der Waals surface area contributed by atoms with E-state index in [-0.39, 0.29) is 6.03 Å². The van der Waals surface area contributed by atoms with E-state index in [1.54, 1.807) is 32.4 Å². The molecule has 6 nitrogen and oxygen atoms in total. The van der Waals surface area contributed by atoms with E-state index in [4.69, 9.17) is 14.2 Å². The van der Waals surface area contributed by atoms with Gasteiger partial charge in [-0.25, -0.2) is 4.79 Å². The van der Waals surface area contributed by atoms with Crippen LogP contribution in [0.4, 0.5) is 10.5 Å². The maximum absolute atomic E-state index is 12.2. The Bertz CT molecular complexity index is 884. The van der Waals surface area contributed by atoms with Gasteiger partial charge in [0.15, 0.2) is 0 Å². The Morgan fingerprint density at radius 1 is 1.00 bits per heavy atom. The highest BCUT2D eigenvalue weighted by atomic mass is 16.5. The molecule has 6 heteroatoms. The van der Waals surface area contributed by atoms with Crippen molar-refractivity contribution in [2.75, 3.05) is 19.5 Å². The summed E-state index contributed by atoms with van der Waals surface area (Å²) in [6.45, 7) is 4.24. The minimum Gasteiger partial charge on any atom is -0.497 e. The average Bonchev–Trinajstić information content (AvgIpc) is 2.79. The van der Waals surface area contributed by atoms with E-state index in [9.17, 15) is 4.79 Å². The van der Waals surface area contributed by atoms with E-state index < -0.39 is 0 Å². The number of hydrogen-bond acceptors (Lipinski definition) is 4. The van der Waals surface area contributed by atoms with E-state index in [0.717, 1.165) is 17.1 Å². The molecule has 0 aliphatic rings. The van der Waals surface area contributed by atoms with Gasteiger partial charge in [0.25, 0.3) is 0 Å². The van der Waals surface area contributed by atoms with Gasteiger partial charge in [-0.2, -0.15) is 0 Å². The number of anilines is 1. The van der Waals surface area contributed by atoms with Gasteiger partial charge in [-0.15, -0.1) is 12.8 Å². The lowest BCUT2D eigenvalue weighted by atomic mass is 10.2. The van der Waals surface area contributed by atoms with Crippen LogP contribution in [0.15, 0.2) is 66.5 Å². The second-order valence-electron chi connectivity index (χ2n) is 5.81. The molecule has 2 rings (SSSR count). The zero-order valence-electron chi connectivity index (χ0n) is 17.8. The standard InChI is InChI=1S/C22H26N2O4.C2H2/c1-5-7-17(6-2)28-18-10-8-16(9-11-18)15-23-22(25)24-20-14-19(26-3)12-13-21(20)27-4;1-2/h5-14H,15H2,1-4H3,(H2,23,24,25);1-2H/b7-5-,17-6+;. The van der Waals surface area contributed by atoms with Crippen LogP contribution in [0.3, 0.4) is 0 Å². The van der Waals surface area contributed by atoms with Crippen LogP contribution in [-0.2, 0) is 6.54 Å². The van der Waals surface area contributed by atoms with Crippen LogP contribution in [0.5, 0.6) is 17.2 Å². The number of terminal acetylenes is 1. The predicted octanol–water partition coefficient (Wildman–Crippen LogP) is 5.13. The molecule has 0 atom stereocenters. The summed E-state index contributed by atoms with van der Waals surface area (Å²) in [5.74, 6) is 2.70. The van der Waals surface area contributed by atoms with Crippen molar-refractivity contribution in [2.45, 2.75) is 20.4 Å². The largest absolute Gasteiger partial charge is 0.497 e. The lowest BCUT2D eigenvalue weighted by Crippen LogP contribution is -2.28. The monoisotopic (exact) mass is 408 g/mol. The third-order valence-electron chi connectivity index (χ3n) is 3.88. The molecule has 0 spiro atoms. The van der Waals surface area contributed by atoms with Crippen molar-refractivity contribution >= 4 is 11.7 Å². The van der Waals surface area contributed by atoms with Crippen molar-refractivity contribution in [2.24, 2.45) is 0 Å². The van der Waals surface area contributed by atoms with Crippen molar-refractivity contribution in [1.29, 1.82) is 0 Å². The summed E-state index contributed by atoms with van der Waals surface area (Å²) in [5, 5.41) is 5.59. The molecule has 158 valence electrons. The summed E-state index contributed by atoms with van der Waals surface area (Å²) in [4.78, 5) is 12.2. The van der Waals surface area contributed by atoms with Gasteiger partial charge in [0, 0.05) is 12.6 Å². The first-order valence-corrected chi connectivity index (χ1v) is 9.25. The number of allylic oxidation sites excluding steroid dienone is 3. The summed E-state index contributed by atoms with van der Waals surface area (Å²) in [6, 6.07) is 12.4. The number of rotatable bonds is 8. The van der Waals surface area contributed by atoms with Gasteiger partial charge < -0.3 is 24.8 Å². The highest BCUT2D eigenvalue weighted by molar-refractivity contribution is 5.91. The molecule has 0 radical (unpaired) electrons. The molecule has 2 amide bonds. The van der Waals surface area contributed by atoms with Crippen molar-refractivity contribution in [3.8, 4) is 30.1 Å². The van der Waals surface area contributed by atoms with Crippen LogP contribution in [0.2, 0.25) is 0 Å². The highest BCUT2D eigenvalue weighted by Crippen LogP contribution is 2.28. The van der Waals surface area contributed by atoms with Gasteiger partial charge in [-0.05, 0) is 55.8 Å². The number of benzene rings is 2. The summed E-state index contributed by atoms with van der Waals surface area (Å²) in [6.07, 6.45) is 13.7.